The molecule has 5 nitrogen and oxygen atoms in total. The standard InChI is InChI=1S/C15H19NO4/c1-4-12-9-11(6-8-14(17)18)5-7-13(12)16-15(19)20-10(2)3/h5-10H,4H2,1-3H3,(H,16,19)(H,17,18)/b8-6+. The second-order valence-electron chi connectivity index (χ2n) is 4.52. The Bertz CT molecular complexity index is 521. The number of anilines is 1. The van der Waals surface area contributed by atoms with E-state index in [2.05, 4.69) is 5.32 Å². The first-order valence-electron chi connectivity index (χ1n) is 6.44. The van der Waals surface area contributed by atoms with Gasteiger partial charge in [0.25, 0.3) is 0 Å². The van der Waals surface area contributed by atoms with Gasteiger partial charge < -0.3 is 9.84 Å². The first-order valence-corrected chi connectivity index (χ1v) is 6.44. The van der Waals surface area contributed by atoms with Crippen LogP contribution in [0.1, 0.15) is 31.9 Å². The topological polar surface area (TPSA) is 75.6 Å². The Hall–Kier alpha value is -2.30. The summed E-state index contributed by atoms with van der Waals surface area (Å²) in [6.45, 7) is 5.51. The maximum absolute atomic E-state index is 11.6. The molecular weight excluding hydrogens is 258 g/mol. The van der Waals surface area contributed by atoms with Gasteiger partial charge in [-0.2, -0.15) is 0 Å². The van der Waals surface area contributed by atoms with Crippen LogP contribution in [0, 0.1) is 0 Å². The van der Waals surface area contributed by atoms with Crippen LogP contribution in [0.25, 0.3) is 6.08 Å². The van der Waals surface area contributed by atoms with E-state index in [1.165, 1.54) is 6.08 Å². The first-order chi connectivity index (χ1) is 9.42. The van der Waals surface area contributed by atoms with Crippen LogP contribution in [0.4, 0.5) is 10.5 Å². The molecule has 0 fully saturated rings. The molecule has 1 rings (SSSR count). The molecule has 0 radical (unpaired) electrons. The van der Waals surface area contributed by atoms with E-state index in [0.717, 1.165) is 17.2 Å². The lowest BCUT2D eigenvalue weighted by Gasteiger charge is -2.12. The number of carboxylic acids is 1. The highest BCUT2D eigenvalue weighted by atomic mass is 16.6. The Kier molecular flexibility index (Phi) is 5.77. The molecule has 108 valence electrons. The maximum Gasteiger partial charge on any atom is 0.411 e. The molecule has 0 heterocycles. The number of aryl methyl sites for hydroxylation is 1. The molecule has 0 unspecified atom stereocenters. The Morgan fingerprint density at radius 1 is 1.40 bits per heavy atom. The largest absolute Gasteiger partial charge is 0.478 e. The van der Waals surface area contributed by atoms with E-state index in [0.29, 0.717) is 12.1 Å². The van der Waals surface area contributed by atoms with Gasteiger partial charge in [0.05, 0.1) is 6.10 Å². The zero-order valence-electron chi connectivity index (χ0n) is 11.8. The lowest BCUT2D eigenvalue weighted by atomic mass is 10.1. The zero-order valence-corrected chi connectivity index (χ0v) is 11.8. The molecule has 0 bridgehead atoms. The average Bonchev–Trinajstić information content (AvgIpc) is 2.36. The zero-order chi connectivity index (χ0) is 15.1. The van der Waals surface area contributed by atoms with Crippen LogP contribution < -0.4 is 5.32 Å². The smallest absolute Gasteiger partial charge is 0.411 e. The molecule has 0 atom stereocenters. The lowest BCUT2D eigenvalue weighted by molar-refractivity contribution is -0.131. The van der Waals surface area contributed by atoms with Crippen LogP contribution in [0.5, 0.6) is 0 Å². The Morgan fingerprint density at radius 3 is 2.65 bits per heavy atom. The van der Waals surface area contributed by atoms with Crippen molar-refractivity contribution in [2.24, 2.45) is 0 Å². The molecule has 0 aromatic heterocycles. The Morgan fingerprint density at radius 2 is 2.10 bits per heavy atom. The van der Waals surface area contributed by atoms with Crippen LogP contribution in [0.3, 0.4) is 0 Å². The molecule has 0 saturated heterocycles. The summed E-state index contributed by atoms with van der Waals surface area (Å²) < 4.78 is 5.02. The van der Waals surface area contributed by atoms with Crippen LogP contribution in [0.2, 0.25) is 0 Å². The molecule has 1 amide bonds. The van der Waals surface area contributed by atoms with Gasteiger partial charge in [0.1, 0.15) is 0 Å². The molecule has 20 heavy (non-hydrogen) atoms. The van der Waals surface area contributed by atoms with Gasteiger partial charge in [0.15, 0.2) is 0 Å². The highest BCUT2D eigenvalue weighted by Gasteiger charge is 2.08. The minimum absolute atomic E-state index is 0.183. The minimum Gasteiger partial charge on any atom is -0.478 e. The van der Waals surface area contributed by atoms with Gasteiger partial charge in [0.2, 0.25) is 0 Å². The average molecular weight is 277 g/mol. The molecule has 1 aromatic carbocycles. The summed E-state index contributed by atoms with van der Waals surface area (Å²) in [6.07, 6.45) is 2.62. The minimum atomic E-state index is -0.995. The predicted molar refractivity (Wildman–Crippen MR) is 77.7 cm³/mol. The van der Waals surface area contributed by atoms with E-state index >= 15 is 0 Å². The molecule has 0 aliphatic rings. The predicted octanol–water partition coefficient (Wildman–Crippen LogP) is 3.30. The monoisotopic (exact) mass is 277 g/mol. The SMILES string of the molecule is CCc1cc(/C=C/C(=O)O)ccc1NC(=O)OC(C)C. The van der Waals surface area contributed by atoms with Gasteiger partial charge in [-0.3, -0.25) is 5.32 Å². The number of carboxylic acid groups (broad SMARTS) is 1. The third-order valence-electron chi connectivity index (χ3n) is 2.51. The quantitative estimate of drug-likeness (QED) is 0.810. The van der Waals surface area contributed by atoms with Crippen molar-refractivity contribution in [3.05, 3.63) is 35.4 Å². The second-order valence-corrected chi connectivity index (χ2v) is 4.52. The molecule has 5 heteroatoms. The van der Waals surface area contributed by atoms with Crippen molar-refractivity contribution in [1.29, 1.82) is 0 Å². The van der Waals surface area contributed by atoms with Crippen molar-refractivity contribution in [2.45, 2.75) is 33.3 Å². The number of ether oxygens (including phenoxy) is 1. The summed E-state index contributed by atoms with van der Waals surface area (Å²) in [5.74, 6) is -0.995. The fourth-order valence-electron chi connectivity index (χ4n) is 1.65. The second kappa shape index (κ2) is 7.33. The molecule has 0 spiro atoms. The van der Waals surface area contributed by atoms with E-state index in [-0.39, 0.29) is 6.10 Å². The van der Waals surface area contributed by atoms with Gasteiger partial charge in [-0.25, -0.2) is 9.59 Å². The molecule has 2 N–H and O–H groups in total. The molecule has 0 aliphatic carbocycles. The van der Waals surface area contributed by atoms with E-state index in [4.69, 9.17) is 9.84 Å². The third kappa shape index (κ3) is 5.14. The number of aliphatic carboxylic acids is 1. The van der Waals surface area contributed by atoms with Crippen molar-refractivity contribution in [3.8, 4) is 0 Å². The number of benzene rings is 1. The summed E-state index contributed by atoms with van der Waals surface area (Å²) in [6, 6.07) is 5.32. The van der Waals surface area contributed by atoms with Crippen LogP contribution in [-0.4, -0.2) is 23.3 Å². The molecule has 0 saturated carbocycles. The van der Waals surface area contributed by atoms with E-state index < -0.39 is 12.1 Å². The van der Waals surface area contributed by atoms with Crippen LogP contribution >= 0.6 is 0 Å². The fraction of sp³-hybridized carbons (Fsp3) is 0.333. The summed E-state index contributed by atoms with van der Waals surface area (Å²) in [7, 11) is 0. The number of carbonyl (C=O) groups is 2. The van der Waals surface area contributed by atoms with Gasteiger partial charge in [0, 0.05) is 11.8 Å². The number of hydrogen-bond acceptors (Lipinski definition) is 3. The van der Waals surface area contributed by atoms with Crippen LogP contribution in [-0.2, 0) is 16.0 Å². The molecule has 1 aromatic rings. The number of carbonyl (C=O) groups excluding carboxylic acids is 1. The van der Waals surface area contributed by atoms with Crippen molar-refractivity contribution >= 4 is 23.8 Å². The van der Waals surface area contributed by atoms with Gasteiger partial charge in [-0.15, -0.1) is 0 Å². The van der Waals surface area contributed by atoms with Crippen molar-refractivity contribution in [2.75, 3.05) is 5.32 Å². The summed E-state index contributed by atoms with van der Waals surface area (Å²) in [5.41, 5.74) is 2.36. The highest BCUT2D eigenvalue weighted by Crippen LogP contribution is 2.19. The number of nitrogens with one attached hydrogen (secondary N) is 1. The summed E-state index contributed by atoms with van der Waals surface area (Å²) in [5, 5.41) is 11.3. The number of amides is 1. The summed E-state index contributed by atoms with van der Waals surface area (Å²) >= 11 is 0. The summed E-state index contributed by atoms with van der Waals surface area (Å²) in [4.78, 5) is 22.0. The van der Waals surface area contributed by atoms with E-state index in [9.17, 15) is 9.59 Å². The van der Waals surface area contributed by atoms with Crippen molar-refractivity contribution in [3.63, 3.8) is 0 Å². The van der Waals surface area contributed by atoms with E-state index in [1.807, 2.05) is 13.0 Å². The van der Waals surface area contributed by atoms with Crippen molar-refractivity contribution < 1.29 is 19.4 Å². The number of rotatable bonds is 5. The molecular formula is C15H19NO4. The van der Waals surface area contributed by atoms with E-state index in [1.54, 1.807) is 26.0 Å². The van der Waals surface area contributed by atoms with Gasteiger partial charge in [-0.05, 0) is 49.6 Å². The van der Waals surface area contributed by atoms with Gasteiger partial charge >= 0.3 is 12.1 Å². The Labute approximate surface area is 118 Å². The van der Waals surface area contributed by atoms with Gasteiger partial charge in [-0.1, -0.05) is 13.0 Å². The fourth-order valence-corrected chi connectivity index (χ4v) is 1.65. The van der Waals surface area contributed by atoms with Crippen LogP contribution in [0.15, 0.2) is 24.3 Å². The number of hydrogen-bond donors (Lipinski definition) is 2. The highest BCUT2D eigenvalue weighted by molar-refractivity contribution is 5.87. The third-order valence-corrected chi connectivity index (χ3v) is 2.51. The Balaban J connectivity index is 2.88. The normalized spacial score (nSPS) is 10.8. The lowest BCUT2D eigenvalue weighted by Crippen LogP contribution is -2.18. The maximum atomic E-state index is 11.6. The first kappa shape index (κ1) is 15.8. The molecule has 0 aliphatic heterocycles. The van der Waals surface area contributed by atoms with Crippen molar-refractivity contribution in [1.82, 2.24) is 0 Å².